The van der Waals surface area contributed by atoms with Crippen LogP contribution in [0.15, 0.2) is 43.4 Å². The number of benzene rings is 3. The Morgan fingerprint density at radius 2 is 1.12 bits per heavy atom. The summed E-state index contributed by atoms with van der Waals surface area (Å²) in [6, 6.07) is 5.90. The molecule has 0 radical (unpaired) electrons. The van der Waals surface area contributed by atoms with Crippen LogP contribution in [0.5, 0.6) is 0 Å². The number of nitrogen functional groups attached to an aromatic ring is 2. The molecule has 7 nitrogen and oxygen atoms in total. The van der Waals surface area contributed by atoms with Crippen LogP contribution in [0, 0.1) is 0 Å². The maximum absolute atomic E-state index is 12.9. The second kappa shape index (κ2) is 5.01. The Hall–Kier alpha value is -3.48. The van der Waals surface area contributed by atoms with Gasteiger partial charge in [-0.3, -0.25) is 23.7 Å². The Bertz CT molecular complexity index is 1350. The van der Waals surface area contributed by atoms with E-state index in [2.05, 4.69) is 0 Å². The number of hydrogen-bond donors (Lipinski definition) is 2. The summed E-state index contributed by atoms with van der Waals surface area (Å²) in [5, 5.41) is 0.0106. The van der Waals surface area contributed by atoms with Crippen molar-refractivity contribution in [2.24, 2.45) is 0 Å². The Morgan fingerprint density at radius 3 is 1.46 bits per heavy atom. The molecule has 0 fully saturated rings. The summed E-state index contributed by atoms with van der Waals surface area (Å²) in [5.74, 6) is 0. The summed E-state index contributed by atoms with van der Waals surface area (Å²) in [7, 11) is 0. The van der Waals surface area contributed by atoms with Crippen LogP contribution in [0.2, 0.25) is 0 Å². The van der Waals surface area contributed by atoms with Gasteiger partial charge in [0.1, 0.15) is 0 Å². The molecule has 0 atom stereocenters. The third kappa shape index (κ3) is 1.72. The first-order chi connectivity index (χ1) is 12.3. The van der Waals surface area contributed by atoms with Crippen molar-refractivity contribution in [3.8, 4) is 0 Å². The van der Waals surface area contributed by atoms with Gasteiger partial charge < -0.3 is 11.5 Å². The number of rotatable bonds is 1. The normalized spacial score (nSPS) is 12.0. The van der Waals surface area contributed by atoms with E-state index >= 15 is 0 Å². The maximum Gasteiger partial charge on any atom is 0.263 e. The van der Waals surface area contributed by atoms with Crippen molar-refractivity contribution >= 4 is 43.7 Å². The van der Waals surface area contributed by atoms with Gasteiger partial charge in [-0.2, -0.15) is 0 Å². The van der Waals surface area contributed by atoms with Crippen LogP contribution in [0.25, 0.3) is 32.3 Å². The second-order valence-corrected chi connectivity index (χ2v) is 6.61. The molecule has 3 aromatic carbocycles. The number of nitrogens with two attached hydrogens (primary N) is 2. The molecule has 0 aliphatic carbocycles. The maximum atomic E-state index is 12.9. The molecule has 1 aromatic heterocycles. The van der Waals surface area contributed by atoms with Crippen molar-refractivity contribution in [1.82, 2.24) is 4.57 Å². The van der Waals surface area contributed by atoms with Gasteiger partial charge in [0.15, 0.2) is 10.9 Å². The quantitative estimate of drug-likeness (QED) is 0.300. The average Bonchev–Trinajstić information content (AvgIpc) is 2.87. The zero-order chi connectivity index (χ0) is 18.9. The molecular formula is C19H15N3O4. The summed E-state index contributed by atoms with van der Waals surface area (Å²) in [5.41, 5.74) is 9.73. The van der Waals surface area contributed by atoms with Gasteiger partial charge in [0.05, 0.1) is 32.9 Å². The fraction of sp³-hybridized carbons (Fsp3) is 0.158. The lowest BCUT2D eigenvalue weighted by Crippen LogP contribution is -2.27. The van der Waals surface area contributed by atoms with Crippen molar-refractivity contribution in [2.45, 2.75) is 19.9 Å². The number of hydrogen-bond acceptors (Lipinski definition) is 6. The standard InChI is InChI=1S/C19H15N3O4/c1-7(2)22-18(25)12-13(19(22)26)15(21)11-10(14(12)20)16(23)8-5-3-4-6-9(8)17(11)24/h3-7H,20-21H2,1-2H3. The third-order valence-corrected chi connectivity index (χ3v) is 4.83. The average molecular weight is 349 g/mol. The molecule has 1 heterocycles. The molecule has 0 aliphatic heterocycles. The van der Waals surface area contributed by atoms with Crippen molar-refractivity contribution in [2.75, 3.05) is 11.5 Å². The zero-order valence-corrected chi connectivity index (χ0v) is 14.1. The van der Waals surface area contributed by atoms with Crippen molar-refractivity contribution in [3.63, 3.8) is 0 Å². The molecule has 0 bridgehead atoms. The monoisotopic (exact) mass is 349 g/mol. The van der Waals surface area contributed by atoms with Gasteiger partial charge in [-0.25, -0.2) is 0 Å². The predicted octanol–water partition coefficient (Wildman–Crippen LogP) is 1.01. The van der Waals surface area contributed by atoms with Crippen LogP contribution in [0.3, 0.4) is 0 Å². The van der Waals surface area contributed by atoms with Gasteiger partial charge in [-0.15, -0.1) is 0 Å². The molecule has 0 amide bonds. The SMILES string of the molecule is CC(C)n1c(=O)c2c(N)c3c(=O)c4ccccc4c(=O)c3c(N)c2c1=O. The first kappa shape index (κ1) is 16.0. The van der Waals surface area contributed by atoms with Gasteiger partial charge >= 0.3 is 0 Å². The fourth-order valence-electron chi connectivity index (χ4n) is 3.66. The topological polar surface area (TPSA) is 125 Å². The van der Waals surface area contributed by atoms with Crippen molar-refractivity contribution < 1.29 is 0 Å². The minimum atomic E-state index is -0.605. The Morgan fingerprint density at radius 1 is 0.731 bits per heavy atom. The number of fused-ring (bicyclic) bond motifs is 3. The largest absolute Gasteiger partial charge is 0.397 e. The first-order valence-electron chi connectivity index (χ1n) is 8.08. The van der Waals surface area contributed by atoms with Crippen LogP contribution in [0.1, 0.15) is 19.9 Å². The molecular weight excluding hydrogens is 334 g/mol. The molecule has 4 aromatic rings. The van der Waals surface area contributed by atoms with Crippen molar-refractivity contribution in [1.29, 1.82) is 0 Å². The number of nitrogens with zero attached hydrogens (tertiary/aromatic N) is 1. The summed E-state index contributed by atoms with van der Waals surface area (Å²) >= 11 is 0. The van der Waals surface area contributed by atoms with Gasteiger partial charge in [0, 0.05) is 16.8 Å². The van der Waals surface area contributed by atoms with E-state index in [-0.39, 0.29) is 43.7 Å². The Labute approximate surface area is 145 Å². The van der Waals surface area contributed by atoms with E-state index in [1.807, 2.05) is 0 Å². The zero-order valence-electron chi connectivity index (χ0n) is 14.1. The molecule has 7 heteroatoms. The minimum Gasteiger partial charge on any atom is -0.397 e. The van der Waals surface area contributed by atoms with Gasteiger partial charge in [-0.05, 0) is 13.8 Å². The van der Waals surface area contributed by atoms with Crippen LogP contribution in [-0.4, -0.2) is 4.57 Å². The summed E-state index contributed by atoms with van der Waals surface area (Å²) in [4.78, 5) is 51.3. The van der Waals surface area contributed by atoms with Crippen LogP contribution < -0.4 is 33.4 Å². The number of anilines is 2. The van der Waals surface area contributed by atoms with Crippen LogP contribution in [-0.2, 0) is 0 Å². The third-order valence-electron chi connectivity index (χ3n) is 4.83. The fourth-order valence-corrected chi connectivity index (χ4v) is 3.66. The highest BCUT2D eigenvalue weighted by atomic mass is 16.2. The summed E-state index contributed by atoms with van der Waals surface area (Å²) < 4.78 is 1.03. The lowest BCUT2D eigenvalue weighted by Gasteiger charge is -2.07. The lowest BCUT2D eigenvalue weighted by molar-refractivity contribution is 0.574. The highest BCUT2D eigenvalue weighted by Gasteiger charge is 2.25. The van der Waals surface area contributed by atoms with E-state index in [1.54, 1.807) is 26.0 Å². The summed E-state index contributed by atoms with van der Waals surface area (Å²) in [6.45, 7) is 3.36. The van der Waals surface area contributed by atoms with E-state index < -0.39 is 28.0 Å². The van der Waals surface area contributed by atoms with Gasteiger partial charge in [0.2, 0.25) is 0 Å². The molecule has 0 saturated carbocycles. The van der Waals surface area contributed by atoms with Crippen molar-refractivity contribution in [3.05, 3.63) is 65.4 Å². The van der Waals surface area contributed by atoms with E-state index in [0.29, 0.717) is 0 Å². The van der Waals surface area contributed by atoms with Gasteiger partial charge in [-0.1, -0.05) is 24.3 Å². The molecule has 0 spiro atoms. The number of aromatic nitrogens is 1. The minimum absolute atomic E-state index is 0.0968. The smallest absolute Gasteiger partial charge is 0.263 e. The highest BCUT2D eigenvalue weighted by molar-refractivity contribution is 6.20. The molecule has 4 N–H and O–H groups in total. The molecule has 4 rings (SSSR count). The molecule has 0 aliphatic rings. The Balaban J connectivity index is 2.49. The predicted molar refractivity (Wildman–Crippen MR) is 104 cm³/mol. The van der Waals surface area contributed by atoms with E-state index in [4.69, 9.17) is 11.5 Å². The van der Waals surface area contributed by atoms with E-state index in [0.717, 1.165) is 4.57 Å². The summed E-state index contributed by atoms with van der Waals surface area (Å²) in [6.07, 6.45) is 0. The molecule has 26 heavy (non-hydrogen) atoms. The molecule has 0 saturated heterocycles. The Kier molecular flexibility index (Phi) is 3.09. The van der Waals surface area contributed by atoms with Gasteiger partial charge in [0.25, 0.3) is 11.1 Å². The molecule has 0 unspecified atom stereocenters. The van der Waals surface area contributed by atoms with Crippen LogP contribution >= 0.6 is 0 Å². The highest BCUT2D eigenvalue weighted by Crippen LogP contribution is 2.31. The van der Waals surface area contributed by atoms with E-state index in [1.165, 1.54) is 12.1 Å². The van der Waals surface area contributed by atoms with E-state index in [9.17, 15) is 19.2 Å². The first-order valence-corrected chi connectivity index (χ1v) is 8.08. The van der Waals surface area contributed by atoms with Crippen LogP contribution in [0.4, 0.5) is 11.4 Å². The molecule has 130 valence electrons. The second-order valence-electron chi connectivity index (χ2n) is 6.61. The lowest BCUT2D eigenvalue weighted by atomic mass is 9.97.